The maximum atomic E-state index is 12.6. The number of likely N-dealkylation sites (N-methyl/N-ethyl adjacent to an activating group) is 1. The van der Waals surface area contributed by atoms with Crippen LogP contribution in [0.15, 0.2) is 24.3 Å². The second kappa shape index (κ2) is 15.1. The summed E-state index contributed by atoms with van der Waals surface area (Å²) in [5.74, 6) is 1.50. The van der Waals surface area contributed by atoms with Gasteiger partial charge >= 0.3 is 0 Å². The highest BCUT2D eigenvalue weighted by molar-refractivity contribution is 5.85. The number of methoxy groups -OCH3 is 2. The molecule has 10 heteroatoms. The Morgan fingerprint density at radius 1 is 0.875 bits per heavy atom. The molecule has 0 saturated carbocycles. The van der Waals surface area contributed by atoms with Crippen LogP contribution in [0.5, 0.6) is 11.5 Å². The van der Waals surface area contributed by atoms with E-state index in [2.05, 4.69) is 22.2 Å². The molecule has 9 nitrogen and oxygen atoms in total. The molecule has 0 spiro atoms. The van der Waals surface area contributed by atoms with E-state index in [1.54, 1.807) is 14.2 Å². The van der Waals surface area contributed by atoms with Gasteiger partial charge in [-0.3, -0.25) is 14.4 Å². The molecule has 1 amide bonds. The molecule has 1 N–H and O–H groups in total. The van der Waals surface area contributed by atoms with E-state index in [1.807, 2.05) is 29.2 Å². The number of halogens is 1. The quantitative estimate of drug-likeness (QED) is 0.506. The molecule has 0 unspecified atom stereocenters. The Labute approximate surface area is 243 Å². The predicted octanol–water partition coefficient (Wildman–Crippen LogP) is 2.61. The van der Waals surface area contributed by atoms with Crippen molar-refractivity contribution in [2.45, 2.75) is 32.4 Å². The third-order valence-electron chi connectivity index (χ3n) is 7.95. The van der Waals surface area contributed by atoms with Crippen LogP contribution < -0.4 is 14.8 Å². The van der Waals surface area contributed by atoms with Crippen LogP contribution in [0.1, 0.15) is 49.4 Å². The zero-order chi connectivity index (χ0) is 27.8. The van der Waals surface area contributed by atoms with Gasteiger partial charge in [-0.1, -0.05) is 12.1 Å². The molecule has 2 aromatic rings. The molecule has 3 heterocycles. The molecule has 2 aromatic carbocycles. The van der Waals surface area contributed by atoms with E-state index in [4.69, 9.17) is 9.47 Å². The molecular formula is C30H41ClN4O5. The number of hydrogen-bond donors (Lipinski definition) is 1. The van der Waals surface area contributed by atoms with E-state index >= 15 is 0 Å². The number of piperazine rings is 1. The van der Waals surface area contributed by atoms with Crippen molar-refractivity contribution in [3.63, 3.8) is 0 Å². The van der Waals surface area contributed by atoms with Gasteiger partial charge in [-0.05, 0) is 60.8 Å². The van der Waals surface area contributed by atoms with Crippen LogP contribution >= 0.6 is 12.4 Å². The molecule has 0 aromatic heterocycles. The zero-order valence-electron chi connectivity index (χ0n) is 23.7. The average Bonchev–Trinajstić information content (AvgIpc) is 2.99. The highest BCUT2D eigenvalue weighted by Gasteiger charge is 2.25. The van der Waals surface area contributed by atoms with E-state index in [-0.39, 0.29) is 18.3 Å². The number of nitrogens with one attached hydrogen (secondary N) is 1. The van der Waals surface area contributed by atoms with Gasteiger partial charge in [0.15, 0.2) is 12.6 Å². The van der Waals surface area contributed by atoms with Crippen molar-refractivity contribution in [1.29, 1.82) is 0 Å². The fraction of sp³-hybridized carbons (Fsp3) is 0.500. The lowest BCUT2D eigenvalue weighted by Gasteiger charge is -2.33. The largest absolute Gasteiger partial charge is 0.496 e. The number of rotatable bonds is 7. The Balaban J connectivity index is 0.000000250. The number of nitrogens with zero attached hydrogens (tertiary/aromatic N) is 3. The van der Waals surface area contributed by atoms with Gasteiger partial charge in [0.2, 0.25) is 5.91 Å². The molecule has 0 bridgehead atoms. The number of hydrogen-bond acceptors (Lipinski definition) is 8. The van der Waals surface area contributed by atoms with Crippen molar-refractivity contribution in [2.24, 2.45) is 0 Å². The minimum atomic E-state index is 0. The Morgan fingerprint density at radius 2 is 1.48 bits per heavy atom. The summed E-state index contributed by atoms with van der Waals surface area (Å²) in [6, 6.07) is 7.67. The lowest BCUT2D eigenvalue weighted by Crippen LogP contribution is -2.46. The van der Waals surface area contributed by atoms with Gasteiger partial charge in [-0.25, -0.2) is 0 Å². The number of amides is 1. The normalized spacial score (nSPS) is 16.8. The average molecular weight is 573 g/mol. The molecule has 3 aliphatic heterocycles. The van der Waals surface area contributed by atoms with E-state index in [0.29, 0.717) is 48.6 Å². The predicted molar refractivity (Wildman–Crippen MR) is 157 cm³/mol. The van der Waals surface area contributed by atoms with Crippen LogP contribution in [-0.4, -0.2) is 100 Å². The number of ether oxygens (including phenoxy) is 2. The summed E-state index contributed by atoms with van der Waals surface area (Å²) in [6.45, 7) is 8.08. The molecule has 40 heavy (non-hydrogen) atoms. The van der Waals surface area contributed by atoms with Gasteiger partial charge < -0.3 is 29.5 Å². The molecule has 1 fully saturated rings. The molecule has 1 saturated heterocycles. The van der Waals surface area contributed by atoms with Crippen molar-refractivity contribution in [1.82, 2.24) is 20.0 Å². The van der Waals surface area contributed by atoms with Crippen LogP contribution in [0.3, 0.4) is 0 Å². The molecule has 0 atom stereocenters. The van der Waals surface area contributed by atoms with E-state index < -0.39 is 0 Å². The monoisotopic (exact) mass is 572 g/mol. The summed E-state index contributed by atoms with van der Waals surface area (Å²) < 4.78 is 10.4. The van der Waals surface area contributed by atoms with Gasteiger partial charge in [0.25, 0.3) is 0 Å². The van der Waals surface area contributed by atoms with Crippen molar-refractivity contribution in [3.8, 4) is 11.5 Å². The van der Waals surface area contributed by atoms with Gasteiger partial charge in [-0.2, -0.15) is 0 Å². The van der Waals surface area contributed by atoms with Crippen LogP contribution in [0, 0.1) is 0 Å². The van der Waals surface area contributed by atoms with Gasteiger partial charge in [0, 0.05) is 58.8 Å². The van der Waals surface area contributed by atoms with Gasteiger partial charge in [-0.15, -0.1) is 12.4 Å². The lowest BCUT2D eigenvalue weighted by molar-refractivity contribution is -0.132. The van der Waals surface area contributed by atoms with Crippen molar-refractivity contribution in [3.05, 3.63) is 57.6 Å². The third-order valence-corrected chi connectivity index (χ3v) is 7.95. The standard InChI is InChI=1S/C19H27N3O3.C11H13NO2.ClH/c1-20-9-11-21(12-10-20)7-6-19(24)22-8-5-16-15(13-22)3-4-18(25-2)17(16)14-23;1-14-11-3-2-8-6-12-5-4-9(8)10(11)7-13;/h3-4,14H,5-13H2,1-2H3;2-3,7,12H,4-6H2,1H3;1H. The second-order valence-electron chi connectivity index (χ2n) is 10.3. The zero-order valence-corrected chi connectivity index (χ0v) is 24.6. The Kier molecular flexibility index (Phi) is 11.9. The molecule has 218 valence electrons. The second-order valence-corrected chi connectivity index (χ2v) is 10.3. The fourth-order valence-electron chi connectivity index (χ4n) is 5.56. The molecule has 0 radical (unpaired) electrons. The highest BCUT2D eigenvalue weighted by Crippen LogP contribution is 2.29. The third kappa shape index (κ3) is 7.40. The number of carbonyl (C=O) groups is 3. The molecule has 5 rings (SSSR count). The smallest absolute Gasteiger partial charge is 0.224 e. The van der Waals surface area contributed by atoms with Gasteiger partial charge in [0.1, 0.15) is 11.5 Å². The van der Waals surface area contributed by atoms with Crippen molar-refractivity contribution in [2.75, 3.05) is 67.1 Å². The van der Waals surface area contributed by atoms with Gasteiger partial charge in [0.05, 0.1) is 25.3 Å². The first-order valence-electron chi connectivity index (χ1n) is 13.7. The number of benzene rings is 2. The maximum absolute atomic E-state index is 12.6. The van der Waals surface area contributed by atoms with E-state index in [9.17, 15) is 14.4 Å². The van der Waals surface area contributed by atoms with Crippen molar-refractivity contribution < 1.29 is 23.9 Å². The Bertz CT molecular complexity index is 1180. The number of fused-ring (bicyclic) bond motifs is 2. The van der Waals surface area contributed by atoms with Crippen LogP contribution in [-0.2, 0) is 30.7 Å². The minimum absolute atomic E-state index is 0. The minimum Gasteiger partial charge on any atom is -0.496 e. The first-order chi connectivity index (χ1) is 19.0. The van der Waals surface area contributed by atoms with Crippen LogP contribution in [0.25, 0.3) is 0 Å². The molecule has 3 aliphatic rings. The maximum Gasteiger partial charge on any atom is 0.224 e. The molecular weight excluding hydrogens is 532 g/mol. The van der Waals surface area contributed by atoms with E-state index in [1.165, 1.54) is 5.56 Å². The van der Waals surface area contributed by atoms with Crippen molar-refractivity contribution >= 4 is 30.9 Å². The number of carbonyl (C=O) groups excluding carboxylic acids is 3. The summed E-state index contributed by atoms with van der Waals surface area (Å²) in [6.07, 6.45) is 3.93. The number of aldehydes is 2. The SMILES string of the molecule is COc1ccc2c(c1C=O)CCN(C(=O)CCN1CCN(C)CC1)C2.COc1ccc2c(c1C=O)CCNC2.Cl. The highest BCUT2D eigenvalue weighted by atomic mass is 35.5. The first kappa shape index (κ1) is 31.5. The van der Waals surface area contributed by atoms with Crippen LogP contribution in [0.4, 0.5) is 0 Å². The van der Waals surface area contributed by atoms with E-state index in [0.717, 1.165) is 81.5 Å². The lowest BCUT2D eigenvalue weighted by atomic mass is 9.94. The Hall–Kier alpha value is -2.98. The summed E-state index contributed by atoms with van der Waals surface area (Å²) in [5.41, 5.74) is 5.77. The summed E-state index contributed by atoms with van der Waals surface area (Å²) >= 11 is 0. The topological polar surface area (TPSA) is 91.4 Å². The first-order valence-corrected chi connectivity index (χ1v) is 13.7. The summed E-state index contributed by atoms with van der Waals surface area (Å²) in [4.78, 5) is 41.6. The Morgan fingerprint density at radius 3 is 2.08 bits per heavy atom. The fourth-order valence-corrected chi connectivity index (χ4v) is 5.56. The van der Waals surface area contributed by atoms with Crippen LogP contribution in [0.2, 0.25) is 0 Å². The summed E-state index contributed by atoms with van der Waals surface area (Å²) in [5, 5.41) is 3.27. The molecule has 0 aliphatic carbocycles. The summed E-state index contributed by atoms with van der Waals surface area (Å²) in [7, 11) is 5.30.